The summed E-state index contributed by atoms with van der Waals surface area (Å²) < 4.78 is 5.22. The van der Waals surface area contributed by atoms with E-state index in [9.17, 15) is 4.79 Å². The van der Waals surface area contributed by atoms with Crippen LogP contribution < -0.4 is 15.0 Å². The third-order valence-electron chi connectivity index (χ3n) is 5.09. The Bertz CT molecular complexity index is 750. The van der Waals surface area contributed by atoms with Gasteiger partial charge in [0.15, 0.2) is 0 Å². The highest BCUT2D eigenvalue weighted by Crippen LogP contribution is 2.46. The third kappa shape index (κ3) is 2.62. The highest BCUT2D eigenvalue weighted by molar-refractivity contribution is 5.94. The first-order chi connectivity index (χ1) is 11.7. The zero-order valence-electron chi connectivity index (χ0n) is 13.9. The number of para-hydroxylation sites is 1. The van der Waals surface area contributed by atoms with E-state index in [-0.39, 0.29) is 11.6 Å². The Labute approximate surface area is 142 Å². The Balaban J connectivity index is 1.54. The molecular formula is C20H22N2O2. The molecule has 24 heavy (non-hydrogen) atoms. The molecule has 2 aliphatic rings. The van der Waals surface area contributed by atoms with Crippen molar-refractivity contribution in [2.75, 3.05) is 18.6 Å². The minimum atomic E-state index is -0.213. The lowest BCUT2D eigenvalue weighted by molar-refractivity contribution is 0.241. The summed E-state index contributed by atoms with van der Waals surface area (Å²) in [7, 11) is 1.66. The maximum atomic E-state index is 12.9. The maximum absolute atomic E-state index is 12.9. The number of benzene rings is 2. The zero-order chi connectivity index (χ0) is 16.6. The van der Waals surface area contributed by atoms with Crippen LogP contribution in [0.2, 0.25) is 0 Å². The quantitative estimate of drug-likeness (QED) is 0.932. The van der Waals surface area contributed by atoms with Gasteiger partial charge < -0.3 is 10.1 Å². The minimum Gasteiger partial charge on any atom is -0.497 e. The predicted octanol–water partition coefficient (Wildman–Crippen LogP) is 3.85. The van der Waals surface area contributed by atoms with Crippen LogP contribution in [0.1, 0.15) is 30.4 Å². The Morgan fingerprint density at radius 1 is 1.12 bits per heavy atom. The number of hydrogen-bond donors (Lipinski definition) is 1. The van der Waals surface area contributed by atoms with E-state index in [0.29, 0.717) is 0 Å². The second kappa shape index (κ2) is 5.86. The van der Waals surface area contributed by atoms with Crippen LogP contribution in [-0.2, 0) is 12.0 Å². The lowest BCUT2D eigenvalue weighted by Gasteiger charge is -2.31. The van der Waals surface area contributed by atoms with E-state index in [1.807, 2.05) is 35.2 Å². The van der Waals surface area contributed by atoms with Crippen LogP contribution >= 0.6 is 0 Å². The molecule has 0 atom stereocenters. The van der Waals surface area contributed by atoms with Crippen molar-refractivity contribution in [3.63, 3.8) is 0 Å². The Morgan fingerprint density at radius 2 is 1.88 bits per heavy atom. The number of hydrogen-bond acceptors (Lipinski definition) is 2. The van der Waals surface area contributed by atoms with E-state index in [1.165, 1.54) is 5.56 Å². The van der Waals surface area contributed by atoms with Crippen molar-refractivity contribution in [2.45, 2.75) is 31.2 Å². The molecule has 2 aromatic rings. The lowest BCUT2D eigenvalue weighted by Crippen LogP contribution is -2.47. The van der Waals surface area contributed by atoms with Crippen molar-refractivity contribution in [1.29, 1.82) is 0 Å². The number of carbonyl (C=O) groups excluding carboxylic acids is 1. The molecule has 4 heteroatoms. The molecule has 2 aromatic carbocycles. The average Bonchev–Trinajstić information content (AvgIpc) is 3.42. The number of aryl methyl sites for hydroxylation is 1. The SMILES string of the molecule is COc1ccc(C2(NC(=O)N3CCCc4ccccc43)CC2)cc1. The number of amides is 2. The largest absolute Gasteiger partial charge is 0.497 e. The van der Waals surface area contributed by atoms with Gasteiger partial charge in [-0.1, -0.05) is 30.3 Å². The molecule has 1 aliphatic heterocycles. The highest BCUT2D eigenvalue weighted by atomic mass is 16.5. The molecule has 1 N–H and O–H groups in total. The maximum Gasteiger partial charge on any atom is 0.322 e. The van der Waals surface area contributed by atoms with Gasteiger partial charge in [-0.3, -0.25) is 4.90 Å². The van der Waals surface area contributed by atoms with Crippen molar-refractivity contribution >= 4 is 11.7 Å². The lowest BCUT2D eigenvalue weighted by atomic mass is 10.0. The number of urea groups is 1. The van der Waals surface area contributed by atoms with Crippen LogP contribution in [0.15, 0.2) is 48.5 Å². The third-order valence-corrected chi connectivity index (χ3v) is 5.09. The van der Waals surface area contributed by atoms with Gasteiger partial charge in [-0.25, -0.2) is 4.79 Å². The van der Waals surface area contributed by atoms with Crippen LogP contribution in [-0.4, -0.2) is 19.7 Å². The van der Waals surface area contributed by atoms with Gasteiger partial charge in [0.05, 0.1) is 12.6 Å². The summed E-state index contributed by atoms with van der Waals surface area (Å²) in [6, 6.07) is 16.2. The number of methoxy groups -OCH3 is 1. The van der Waals surface area contributed by atoms with Gasteiger partial charge in [-0.2, -0.15) is 0 Å². The van der Waals surface area contributed by atoms with Gasteiger partial charge in [-0.15, -0.1) is 0 Å². The second-order valence-electron chi connectivity index (χ2n) is 6.62. The van der Waals surface area contributed by atoms with Gasteiger partial charge >= 0.3 is 6.03 Å². The molecule has 0 saturated heterocycles. The van der Waals surface area contributed by atoms with E-state index in [0.717, 1.165) is 49.2 Å². The van der Waals surface area contributed by atoms with Crippen LogP contribution in [0.25, 0.3) is 0 Å². The Morgan fingerprint density at radius 3 is 2.58 bits per heavy atom. The van der Waals surface area contributed by atoms with Crippen molar-refractivity contribution in [1.82, 2.24) is 5.32 Å². The average molecular weight is 322 g/mol. The summed E-state index contributed by atoms with van der Waals surface area (Å²) in [6.07, 6.45) is 4.03. The fourth-order valence-electron chi connectivity index (χ4n) is 3.54. The molecule has 1 fully saturated rings. The fourth-order valence-corrected chi connectivity index (χ4v) is 3.54. The first-order valence-electron chi connectivity index (χ1n) is 8.54. The van der Waals surface area contributed by atoms with E-state index >= 15 is 0 Å². The second-order valence-corrected chi connectivity index (χ2v) is 6.62. The van der Waals surface area contributed by atoms with E-state index in [2.05, 4.69) is 23.5 Å². The predicted molar refractivity (Wildman–Crippen MR) is 94.5 cm³/mol. The van der Waals surface area contributed by atoms with Gasteiger partial charge in [0, 0.05) is 12.2 Å². The number of nitrogens with one attached hydrogen (secondary N) is 1. The Kier molecular flexibility index (Phi) is 3.68. The molecule has 0 bridgehead atoms. The topological polar surface area (TPSA) is 41.6 Å². The summed E-state index contributed by atoms with van der Waals surface area (Å²) in [5.41, 5.74) is 3.25. The molecule has 0 radical (unpaired) electrons. The van der Waals surface area contributed by atoms with E-state index in [1.54, 1.807) is 7.11 Å². The number of anilines is 1. The number of rotatable bonds is 3. The summed E-state index contributed by atoms with van der Waals surface area (Å²) in [6.45, 7) is 0.779. The standard InChI is InChI=1S/C20H22N2O2/c1-24-17-10-8-16(9-11-17)20(12-13-20)21-19(23)22-14-4-6-15-5-2-3-7-18(15)22/h2-3,5,7-11H,4,6,12-14H2,1H3,(H,21,23). The van der Waals surface area contributed by atoms with Crippen molar-refractivity contribution < 1.29 is 9.53 Å². The molecule has 0 unspecified atom stereocenters. The van der Waals surface area contributed by atoms with Crippen molar-refractivity contribution in [3.05, 3.63) is 59.7 Å². The smallest absolute Gasteiger partial charge is 0.322 e. The van der Waals surface area contributed by atoms with E-state index < -0.39 is 0 Å². The van der Waals surface area contributed by atoms with Gasteiger partial charge in [0.2, 0.25) is 0 Å². The summed E-state index contributed by atoms with van der Waals surface area (Å²) in [4.78, 5) is 14.8. The molecule has 2 amide bonds. The molecule has 1 aliphatic carbocycles. The fraction of sp³-hybridized carbons (Fsp3) is 0.350. The molecule has 1 saturated carbocycles. The summed E-state index contributed by atoms with van der Waals surface area (Å²) in [5, 5.41) is 3.28. The first kappa shape index (κ1) is 15.1. The summed E-state index contributed by atoms with van der Waals surface area (Å²) >= 11 is 0. The molecule has 124 valence electrons. The minimum absolute atomic E-state index is 0.00969. The molecule has 1 heterocycles. The summed E-state index contributed by atoms with van der Waals surface area (Å²) in [5.74, 6) is 0.839. The van der Waals surface area contributed by atoms with Gasteiger partial charge in [-0.05, 0) is 55.0 Å². The molecular weight excluding hydrogens is 300 g/mol. The first-order valence-corrected chi connectivity index (χ1v) is 8.54. The molecule has 4 nitrogen and oxygen atoms in total. The molecule has 0 aromatic heterocycles. The number of carbonyl (C=O) groups is 1. The molecule has 0 spiro atoms. The van der Waals surface area contributed by atoms with E-state index in [4.69, 9.17) is 4.74 Å². The van der Waals surface area contributed by atoms with Gasteiger partial charge in [0.1, 0.15) is 5.75 Å². The number of fused-ring (bicyclic) bond motifs is 1. The Hall–Kier alpha value is -2.49. The monoisotopic (exact) mass is 322 g/mol. The number of nitrogens with zero attached hydrogens (tertiary/aromatic N) is 1. The number of ether oxygens (including phenoxy) is 1. The zero-order valence-corrected chi connectivity index (χ0v) is 13.9. The van der Waals surface area contributed by atoms with Crippen LogP contribution in [0.5, 0.6) is 5.75 Å². The molecule has 4 rings (SSSR count). The van der Waals surface area contributed by atoms with Crippen molar-refractivity contribution in [2.24, 2.45) is 0 Å². The van der Waals surface area contributed by atoms with Crippen LogP contribution in [0, 0.1) is 0 Å². The van der Waals surface area contributed by atoms with Gasteiger partial charge in [0.25, 0.3) is 0 Å². The van der Waals surface area contributed by atoms with Crippen LogP contribution in [0.4, 0.5) is 10.5 Å². The highest BCUT2D eigenvalue weighted by Gasteiger charge is 2.46. The van der Waals surface area contributed by atoms with Crippen LogP contribution in [0.3, 0.4) is 0 Å². The van der Waals surface area contributed by atoms with Crippen molar-refractivity contribution in [3.8, 4) is 5.75 Å². The normalized spacial score (nSPS) is 17.8.